The molecule has 0 bridgehead atoms. The van der Waals surface area contributed by atoms with E-state index < -0.39 is 10.2 Å². The monoisotopic (exact) mass is 332 g/mol. The highest BCUT2D eigenvalue weighted by atomic mass is 32.2. The zero-order valence-corrected chi connectivity index (χ0v) is 14.0. The summed E-state index contributed by atoms with van der Waals surface area (Å²) in [5, 5.41) is 9.66. The van der Waals surface area contributed by atoms with Crippen molar-refractivity contribution in [1.29, 1.82) is 0 Å². The van der Waals surface area contributed by atoms with Crippen molar-refractivity contribution in [2.45, 2.75) is 44.6 Å². The van der Waals surface area contributed by atoms with Crippen LogP contribution in [0.3, 0.4) is 0 Å². The summed E-state index contributed by atoms with van der Waals surface area (Å²) in [6.45, 7) is 2.27. The van der Waals surface area contributed by atoms with E-state index in [1.807, 2.05) is 0 Å². The number of aliphatic hydroxyl groups excluding tert-OH is 1. The van der Waals surface area contributed by atoms with Crippen LogP contribution in [0.5, 0.6) is 0 Å². The molecule has 2 saturated heterocycles. The quantitative estimate of drug-likeness (QED) is 0.828. The van der Waals surface area contributed by atoms with E-state index >= 15 is 0 Å². The third kappa shape index (κ3) is 3.33. The van der Waals surface area contributed by atoms with E-state index in [1.54, 1.807) is 4.31 Å². The zero-order valence-electron chi connectivity index (χ0n) is 13.2. The molecule has 3 fully saturated rings. The Kier molecular flexibility index (Phi) is 5.39. The van der Waals surface area contributed by atoms with E-state index in [4.69, 9.17) is 4.74 Å². The van der Waals surface area contributed by atoms with Gasteiger partial charge in [0.2, 0.25) is 0 Å². The van der Waals surface area contributed by atoms with Crippen molar-refractivity contribution in [2.24, 2.45) is 11.8 Å². The molecule has 1 saturated carbocycles. The van der Waals surface area contributed by atoms with Gasteiger partial charge in [0, 0.05) is 25.7 Å². The van der Waals surface area contributed by atoms with Crippen LogP contribution in [0.1, 0.15) is 38.5 Å². The van der Waals surface area contributed by atoms with E-state index in [-0.39, 0.29) is 12.6 Å². The van der Waals surface area contributed by atoms with Crippen LogP contribution in [-0.2, 0) is 14.9 Å². The molecule has 6 nitrogen and oxygen atoms in total. The molecule has 1 unspecified atom stereocenters. The molecule has 3 aliphatic rings. The summed E-state index contributed by atoms with van der Waals surface area (Å²) in [5.74, 6) is 1.04. The number of nitrogens with zero attached hydrogens (tertiary/aromatic N) is 2. The first-order valence-electron chi connectivity index (χ1n) is 8.58. The minimum Gasteiger partial charge on any atom is -0.395 e. The molecule has 0 radical (unpaired) electrons. The maximum atomic E-state index is 12.9. The van der Waals surface area contributed by atoms with Crippen molar-refractivity contribution >= 4 is 10.2 Å². The minimum atomic E-state index is -3.47. The highest BCUT2D eigenvalue weighted by Crippen LogP contribution is 2.38. The molecule has 3 rings (SSSR count). The first kappa shape index (κ1) is 16.6. The fourth-order valence-electron chi connectivity index (χ4n) is 4.24. The highest BCUT2D eigenvalue weighted by Gasteiger charge is 2.44. The van der Waals surface area contributed by atoms with Gasteiger partial charge in [-0.1, -0.05) is 32.1 Å². The Morgan fingerprint density at radius 2 is 1.73 bits per heavy atom. The lowest BCUT2D eigenvalue weighted by Crippen LogP contribution is -2.50. The van der Waals surface area contributed by atoms with Gasteiger partial charge in [-0.05, 0) is 18.3 Å². The van der Waals surface area contributed by atoms with Crippen molar-refractivity contribution in [1.82, 2.24) is 8.61 Å². The van der Waals surface area contributed by atoms with Crippen LogP contribution in [-0.4, -0.2) is 67.6 Å². The zero-order chi connectivity index (χ0) is 15.6. The van der Waals surface area contributed by atoms with Gasteiger partial charge < -0.3 is 9.84 Å². The van der Waals surface area contributed by atoms with Crippen LogP contribution < -0.4 is 0 Å². The third-order valence-electron chi connectivity index (χ3n) is 5.52. The topological polar surface area (TPSA) is 70.1 Å². The summed E-state index contributed by atoms with van der Waals surface area (Å²) in [4.78, 5) is 0. The van der Waals surface area contributed by atoms with Crippen molar-refractivity contribution in [3.8, 4) is 0 Å². The second kappa shape index (κ2) is 7.13. The maximum absolute atomic E-state index is 12.9. The summed E-state index contributed by atoms with van der Waals surface area (Å²) in [6.07, 6.45) is 7.08. The van der Waals surface area contributed by atoms with Gasteiger partial charge in [0.15, 0.2) is 0 Å². The minimum absolute atomic E-state index is 0.0766. The summed E-state index contributed by atoms with van der Waals surface area (Å²) in [5.41, 5.74) is 0. The van der Waals surface area contributed by atoms with Crippen LogP contribution in [0, 0.1) is 11.8 Å². The molecule has 1 N–H and O–H groups in total. The normalized spacial score (nSPS) is 33.3. The molecule has 0 spiro atoms. The van der Waals surface area contributed by atoms with Gasteiger partial charge >= 0.3 is 0 Å². The standard InChI is InChI=1S/C15H28N2O4S/c18-12-15-10-14(13-4-2-1-3-5-13)11-17(15)22(19,20)16-6-8-21-9-7-16/h13-15,18H,1-12H2/t14?,15-/m0/s1. The van der Waals surface area contributed by atoms with Crippen molar-refractivity contribution in [3.05, 3.63) is 0 Å². The molecular formula is C15H28N2O4S. The summed E-state index contributed by atoms with van der Waals surface area (Å²) >= 11 is 0. The van der Waals surface area contributed by atoms with Crippen molar-refractivity contribution in [2.75, 3.05) is 39.5 Å². The van der Waals surface area contributed by atoms with E-state index in [1.165, 1.54) is 36.4 Å². The Hall–Kier alpha value is -0.210. The van der Waals surface area contributed by atoms with Gasteiger partial charge in [-0.2, -0.15) is 17.0 Å². The molecule has 0 aromatic rings. The lowest BCUT2D eigenvalue weighted by atomic mass is 9.79. The van der Waals surface area contributed by atoms with Gasteiger partial charge in [0.1, 0.15) is 0 Å². The summed E-state index contributed by atoms with van der Waals surface area (Å²) in [7, 11) is -3.47. The molecule has 0 aromatic heterocycles. The Labute approximate surface area is 133 Å². The molecule has 2 atom stereocenters. The smallest absolute Gasteiger partial charge is 0.282 e. The first-order chi connectivity index (χ1) is 10.6. The largest absolute Gasteiger partial charge is 0.395 e. The first-order valence-corrected chi connectivity index (χ1v) is 9.98. The lowest BCUT2D eigenvalue weighted by Gasteiger charge is -2.32. The van der Waals surface area contributed by atoms with E-state index in [2.05, 4.69) is 0 Å². The van der Waals surface area contributed by atoms with E-state index in [9.17, 15) is 13.5 Å². The Morgan fingerprint density at radius 3 is 2.36 bits per heavy atom. The van der Waals surface area contributed by atoms with Gasteiger partial charge in [-0.25, -0.2) is 0 Å². The fourth-order valence-corrected chi connectivity index (χ4v) is 6.06. The van der Waals surface area contributed by atoms with Crippen LogP contribution in [0.15, 0.2) is 0 Å². The van der Waals surface area contributed by atoms with Gasteiger partial charge in [0.25, 0.3) is 10.2 Å². The van der Waals surface area contributed by atoms with Crippen molar-refractivity contribution < 1.29 is 18.3 Å². The Balaban J connectivity index is 1.71. The fraction of sp³-hybridized carbons (Fsp3) is 1.00. The number of hydrogen-bond acceptors (Lipinski definition) is 4. The van der Waals surface area contributed by atoms with Crippen LogP contribution in [0.2, 0.25) is 0 Å². The van der Waals surface area contributed by atoms with Crippen LogP contribution in [0.4, 0.5) is 0 Å². The Morgan fingerprint density at radius 1 is 1.05 bits per heavy atom. The van der Waals surface area contributed by atoms with Gasteiger partial charge in [-0.15, -0.1) is 0 Å². The average molecular weight is 332 g/mol. The molecule has 22 heavy (non-hydrogen) atoms. The molecule has 2 aliphatic heterocycles. The van der Waals surface area contributed by atoms with E-state index in [0.29, 0.717) is 44.7 Å². The summed E-state index contributed by atoms with van der Waals surface area (Å²) in [6, 6.07) is -0.250. The number of aliphatic hydroxyl groups is 1. The second-order valence-electron chi connectivity index (χ2n) is 6.82. The van der Waals surface area contributed by atoms with Gasteiger partial charge in [0.05, 0.1) is 19.8 Å². The SMILES string of the molecule is O=S(=O)(N1CCOCC1)N1CC(C2CCCCC2)C[C@H]1CO. The molecular weight excluding hydrogens is 304 g/mol. The molecule has 128 valence electrons. The molecule has 0 amide bonds. The van der Waals surface area contributed by atoms with Gasteiger partial charge in [-0.3, -0.25) is 0 Å². The second-order valence-corrected chi connectivity index (χ2v) is 8.70. The maximum Gasteiger partial charge on any atom is 0.282 e. The predicted molar refractivity (Wildman–Crippen MR) is 83.6 cm³/mol. The Bertz CT molecular complexity index is 458. The molecule has 0 aromatic carbocycles. The number of hydrogen-bond donors (Lipinski definition) is 1. The average Bonchev–Trinajstić information content (AvgIpc) is 3.02. The molecule has 2 heterocycles. The molecule has 1 aliphatic carbocycles. The predicted octanol–water partition coefficient (Wildman–Crippen LogP) is 0.826. The lowest BCUT2D eigenvalue weighted by molar-refractivity contribution is 0.0690. The number of ether oxygens (including phenoxy) is 1. The van der Waals surface area contributed by atoms with Crippen LogP contribution >= 0.6 is 0 Å². The highest BCUT2D eigenvalue weighted by molar-refractivity contribution is 7.86. The number of rotatable bonds is 4. The van der Waals surface area contributed by atoms with Crippen LogP contribution in [0.25, 0.3) is 0 Å². The molecule has 7 heteroatoms. The number of morpholine rings is 1. The third-order valence-corrected chi connectivity index (χ3v) is 7.57. The van der Waals surface area contributed by atoms with E-state index in [0.717, 1.165) is 6.42 Å². The van der Waals surface area contributed by atoms with Crippen molar-refractivity contribution in [3.63, 3.8) is 0 Å². The summed E-state index contributed by atoms with van der Waals surface area (Å²) < 4.78 is 34.1.